The van der Waals surface area contributed by atoms with Gasteiger partial charge in [-0.15, -0.1) is 0 Å². The van der Waals surface area contributed by atoms with Gasteiger partial charge in [-0.25, -0.2) is 0 Å². The van der Waals surface area contributed by atoms with E-state index in [1.165, 1.54) is 11.1 Å². The van der Waals surface area contributed by atoms with Crippen molar-refractivity contribution in [2.24, 2.45) is 0 Å². The number of Topliss-reactive ketones (excluding diaryl/α,β-unsaturated/α-hetero) is 2. The van der Waals surface area contributed by atoms with E-state index in [1.807, 2.05) is 11.8 Å². The third-order valence-corrected chi connectivity index (χ3v) is 4.56. The lowest BCUT2D eigenvalue weighted by Gasteiger charge is -2.11. The van der Waals surface area contributed by atoms with Crippen LogP contribution in [-0.2, 0) is 29.1 Å². The van der Waals surface area contributed by atoms with Crippen LogP contribution >= 0.6 is 11.8 Å². The minimum Gasteiger partial charge on any atom is -0.300 e. The van der Waals surface area contributed by atoms with Gasteiger partial charge in [0.1, 0.15) is 5.78 Å². The van der Waals surface area contributed by atoms with Crippen LogP contribution in [0.25, 0.3) is 0 Å². The van der Waals surface area contributed by atoms with Crippen LogP contribution in [0, 0.1) is 0 Å². The molecule has 0 radical (unpaired) electrons. The number of rotatable bonds is 2. The maximum Gasteiger partial charge on any atom is 0.163 e. The van der Waals surface area contributed by atoms with E-state index in [2.05, 4.69) is 6.07 Å². The van der Waals surface area contributed by atoms with Gasteiger partial charge >= 0.3 is 0 Å². The molecule has 0 saturated carbocycles. The summed E-state index contributed by atoms with van der Waals surface area (Å²) < 4.78 is 0. The molecular weight excluding hydrogens is 232 g/mol. The number of thioether (sulfide) groups is 1. The molecule has 1 aliphatic carbocycles. The van der Waals surface area contributed by atoms with E-state index in [-0.39, 0.29) is 11.6 Å². The van der Waals surface area contributed by atoms with Crippen molar-refractivity contribution in [2.75, 3.05) is 0 Å². The molecule has 88 valence electrons. The monoisotopic (exact) mass is 246 g/mol. The maximum atomic E-state index is 12.0. The molecule has 2 nitrogen and oxygen atoms in total. The van der Waals surface area contributed by atoms with E-state index < -0.39 is 0 Å². The lowest BCUT2D eigenvalue weighted by atomic mass is 9.92. The number of hydrogen-bond acceptors (Lipinski definition) is 3. The number of benzene rings is 1. The van der Waals surface area contributed by atoms with Crippen molar-refractivity contribution >= 4 is 23.3 Å². The van der Waals surface area contributed by atoms with Gasteiger partial charge in [0.15, 0.2) is 5.78 Å². The smallest absolute Gasteiger partial charge is 0.163 e. The fourth-order valence-corrected chi connectivity index (χ4v) is 3.97. The van der Waals surface area contributed by atoms with Crippen molar-refractivity contribution in [1.82, 2.24) is 0 Å². The molecule has 0 aromatic heterocycles. The average Bonchev–Trinajstić information content (AvgIpc) is 2.83. The van der Waals surface area contributed by atoms with Crippen molar-refractivity contribution in [3.8, 4) is 0 Å². The molecule has 1 aromatic carbocycles. The van der Waals surface area contributed by atoms with Crippen LogP contribution in [0.1, 0.15) is 46.0 Å². The Bertz CT molecular complexity index is 532. The Morgan fingerprint density at radius 3 is 2.88 bits per heavy atom. The average molecular weight is 246 g/mol. The lowest BCUT2D eigenvalue weighted by Crippen LogP contribution is -2.05. The highest BCUT2D eigenvalue weighted by atomic mass is 32.2. The Kier molecular flexibility index (Phi) is 2.58. The van der Waals surface area contributed by atoms with E-state index in [0.29, 0.717) is 12.8 Å². The van der Waals surface area contributed by atoms with Gasteiger partial charge in [0.05, 0.1) is 0 Å². The highest BCUT2D eigenvalue weighted by Gasteiger charge is 2.29. The van der Waals surface area contributed by atoms with Gasteiger partial charge < -0.3 is 0 Å². The predicted octanol–water partition coefficient (Wildman–Crippen LogP) is 2.69. The molecule has 3 heteroatoms. The molecule has 1 heterocycles. The molecule has 3 rings (SSSR count). The second kappa shape index (κ2) is 3.98. The quantitative estimate of drug-likeness (QED) is 0.804. The third-order valence-electron chi connectivity index (χ3n) is 3.55. The fourth-order valence-electron chi connectivity index (χ4n) is 2.86. The van der Waals surface area contributed by atoms with Crippen molar-refractivity contribution < 1.29 is 9.59 Å². The summed E-state index contributed by atoms with van der Waals surface area (Å²) in [5.41, 5.74) is 5.75. The van der Waals surface area contributed by atoms with Crippen LogP contribution in [0.5, 0.6) is 0 Å². The first kappa shape index (κ1) is 11.0. The van der Waals surface area contributed by atoms with Crippen LogP contribution in [-0.4, -0.2) is 11.6 Å². The molecule has 0 saturated heterocycles. The van der Waals surface area contributed by atoms with Gasteiger partial charge in [0.25, 0.3) is 0 Å². The van der Waals surface area contributed by atoms with Crippen LogP contribution in [0.4, 0.5) is 0 Å². The molecule has 0 unspecified atom stereocenters. The zero-order valence-corrected chi connectivity index (χ0v) is 10.7. The third kappa shape index (κ3) is 1.73. The van der Waals surface area contributed by atoms with Gasteiger partial charge in [0.2, 0.25) is 0 Å². The number of hydrogen-bond donors (Lipinski definition) is 0. The summed E-state index contributed by atoms with van der Waals surface area (Å²) in [5.74, 6) is 2.41. The summed E-state index contributed by atoms with van der Waals surface area (Å²) in [5, 5.41) is 0. The van der Waals surface area contributed by atoms with Gasteiger partial charge in [0, 0.05) is 29.9 Å². The van der Waals surface area contributed by atoms with Crippen molar-refractivity contribution in [3.63, 3.8) is 0 Å². The molecular formula is C14H14O2S. The van der Waals surface area contributed by atoms with Crippen LogP contribution < -0.4 is 0 Å². The van der Waals surface area contributed by atoms with Crippen molar-refractivity contribution in [2.45, 2.75) is 37.7 Å². The fraction of sp³-hybridized carbons (Fsp3) is 0.429. The Hall–Kier alpha value is -1.09. The Morgan fingerprint density at radius 2 is 2.12 bits per heavy atom. The summed E-state index contributed by atoms with van der Waals surface area (Å²) in [6.45, 7) is 1.62. The van der Waals surface area contributed by atoms with Crippen molar-refractivity contribution in [1.29, 1.82) is 0 Å². The predicted molar refractivity (Wildman–Crippen MR) is 68.5 cm³/mol. The summed E-state index contributed by atoms with van der Waals surface area (Å²) in [7, 11) is 0. The molecule has 1 aromatic rings. The number of carbonyl (C=O) groups is 2. The first-order valence-electron chi connectivity index (χ1n) is 5.93. The molecule has 0 atom stereocenters. The minimum absolute atomic E-state index is 0.178. The zero-order chi connectivity index (χ0) is 12.0. The van der Waals surface area contributed by atoms with Gasteiger partial charge in [-0.2, -0.15) is 11.8 Å². The van der Waals surface area contributed by atoms with Crippen molar-refractivity contribution in [3.05, 3.63) is 33.9 Å². The first-order valence-corrected chi connectivity index (χ1v) is 7.09. The van der Waals surface area contributed by atoms with Crippen LogP contribution in [0.15, 0.2) is 6.07 Å². The van der Waals surface area contributed by atoms with E-state index in [4.69, 9.17) is 0 Å². The Balaban J connectivity index is 2.19. The van der Waals surface area contributed by atoms with E-state index in [0.717, 1.165) is 34.6 Å². The SMILES string of the molecule is CC(=O)Cc1cc2c(c3c1CCC3=O)CSC2. The standard InChI is InChI=1S/C14H14O2S/c1-8(15)4-9-5-10-6-17-7-12(10)14-11(9)2-3-13(14)16/h5H,2-4,6-7H2,1H3. The summed E-state index contributed by atoms with van der Waals surface area (Å²) in [6.07, 6.45) is 1.93. The Labute approximate surface area is 105 Å². The second-order valence-electron chi connectivity index (χ2n) is 4.82. The molecule has 0 bridgehead atoms. The molecule has 0 N–H and O–H groups in total. The number of ketones is 2. The minimum atomic E-state index is 0.178. The van der Waals surface area contributed by atoms with Crippen LogP contribution in [0.3, 0.4) is 0 Å². The molecule has 0 amide bonds. The van der Waals surface area contributed by atoms with Crippen LogP contribution in [0.2, 0.25) is 0 Å². The topological polar surface area (TPSA) is 34.1 Å². The highest BCUT2D eigenvalue weighted by molar-refractivity contribution is 7.98. The van der Waals surface area contributed by atoms with E-state index >= 15 is 0 Å². The lowest BCUT2D eigenvalue weighted by molar-refractivity contribution is -0.116. The van der Waals surface area contributed by atoms with Gasteiger partial charge in [-0.1, -0.05) is 6.07 Å². The number of carbonyl (C=O) groups excluding carboxylic acids is 2. The molecule has 1 aliphatic heterocycles. The molecule has 2 aliphatic rings. The van der Waals surface area contributed by atoms with E-state index in [9.17, 15) is 9.59 Å². The molecule has 0 spiro atoms. The highest BCUT2D eigenvalue weighted by Crippen LogP contribution is 2.39. The summed E-state index contributed by atoms with van der Waals surface area (Å²) >= 11 is 1.86. The molecule has 17 heavy (non-hydrogen) atoms. The first-order chi connectivity index (χ1) is 8.16. The maximum absolute atomic E-state index is 12.0. The largest absolute Gasteiger partial charge is 0.300 e. The normalized spacial score (nSPS) is 17.1. The zero-order valence-electron chi connectivity index (χ0n) is 9.84. The Morgan fingerprint density at radius 1 is 1.29 bits per heavy atom. The number of fused-ring (bicyclic) bond motifs is 3. The summed E-state index contributed by atoms with van der Waals surface area (Å²) in [4.78, 5) is 23.3. The van der Waals surface area contributed by atoms with E-state index in [1.54, 1.807) is 6.92 Å². The van der Waals surface area contributed by atoms with Gasteiger partial charge in [-0.3, -0.25) is 9.59 Å². The van der Waals surface area contributed by atoms with Gasteiger partial charge in [-0.05, 0) is 35.6 Å². The summed E-state index contributed by atoms with van der Waals surface area (Å²) in [6, 6.07) is 2.16. The second-order valence-corrected chi connectivity index (χ2v) is 5.81. The molecule has 0 fully saturated rings.